The van der Waals surface area contributed by atoms with E-state index in [1.165, 1.54) is 25.2 Å². The zero-order valence-electron chi connectivity index (χ0n) is 13.4. The smallest absolute Gasteiger partial charge is 0.338 e. The zero-order chi connectivity index (χ0) is 18.7. The maximum atomic E-state index is 11.9. The summed E-state index contributed by atoms with van der Waals surface area (Å²) in [6.45, 7) is -0.585. The Labute approximate surface area is 145 Å². The van der Waals surface area contributed by atoms with E-state index < -0.39 is 44.4 Å². The molecule has 0 saturated carbocycles. The lowest BCUT2D eigenvalue weighted by Crippen LogP contribution is -2.38. The van der Waals surface area contributed by atoms with Crippen LogP contribution in [0.3, 0.4) is 0 Å². The number of amides is 1. The van der Waals surface area contributed by atoms with Gasteiger partial charge in [-0.25, -0.2) is 26.4 Å². The summed E-state index contributed by atoms with van der Waals surface area (Å²) < 4.78 is 53.0. The van der Waals surface area contributed by atoms with Crippen molar-refractivity contribution in [2.45, 2.75) is 17.4 Å². The summed E-state index contributed by atoms with van der Waals surface area (Å²) in [4.78, 5) is 23.6. The van der Waals surface area contributed by atoms with Crippen molar-refractivity contribution in [3.8, 4) is 0 Å². The van der Waals surface area contributed by atoms with Gasteiger partial charge in [-0.15, -0.1) is 0 Å². The van der Waals surface area contributed by atoms with Crippen molar-refractivity contribution in [3.63, 3.8) is 0 Å². The topological polar surface area (TPSA) is 136 Å². The second kappa shape index (κ2) is 7.50. The first-order valence-electron chi connectivity index (χ1n) is 7.33. The normalized spacial score (nSPS) is 19.3. The van der Waals surface area contributed by atoms with Crippen LogP contribution in [0, 0.1) is 0 Å². The van der Waals surface area contributed by atoms with E-state index >= 15 is 0 Å². The molecule has 1 aliphatic rings. The number of benzene rings is 1. The van der Waals surface area contributed by atoms with Crippen molar-refractivity contribution in [2.75, 3.05) is 25.2 Å². The number of rotatable bonds is 6. The Bertz CT molecular complexity index is 878. The van der Waals surface area contributed by atoms with Gasteiger partial charge < -0.3 is 10.1 Å². The Morgan fingerprint density at radius 3 is 2.64 bits per heavy atom. The van der Waals surface area contributed by atoms with Crippen LogP contribution < -0.4 is 10.0 Å². The van der Waals surface area contributed by atoms with E-state index in [-0.39, 0.29) is 22.0 Å². The number of sulfone groups is 1. The van der Waals surface area contributed by atoms with E-state index in [9.17, 15) is 26.4 Å². The fraction of sp³-hybridized carbons (Fsp3) is 0.429. The molecule has 11 heteroatoms. The van der Waals surface area contributed by atoms with Gasteiger partial charge in [0.05, 0.1) is 22.0 Å². The molecule has 9 nitrogen and oxygen atoms in total. The van der Waals surface area contributed by atoms with E-state index in [2.05, 4.69) is 10.0 Å². The molecule has 1 aromatic carbocycles. The maximum absolute atomic E-state index is 11.9. The van der Waals surface area contributed by atoms with Gasteiger partial charge in [-0.3, -0.25) is 4.79 Å². The highest BCUT2D eigenvalue weighted by Crippen LogP contribution is 2.13. The van der Waals surface area contributed by atoms with Crippen LogP contribution in [-0.4, -0.2) is 59.9 Å². The predicted molar refractivity (Wildman–Crippen MR) is 88.2 cm³/mol. The maximum Gasteiger partial charge on any atom is 0.338 e. The molecule has 1 heterocycles. The number of ether oxygens (including phenoxy) is 1. The fourth-order valence-electron chi connectivity index (χ4n) is 2.30. The fourth-order valence-corrected chi connectivity index (χ4v) is 4.75. The average molecular weight is 390 g/mol. The lowest BCUT2D eigenvalue weighted by Gasteiger charge is -2.11. The van der Waals surface area contributed by atoms with Gasteiger partial charge in [-0.05, 0) is 31.7 Å². The van der Waals surface area contributed by atoms with Gasteiger partial charge in [0.25, 0.3) is 5.91 Å². The van der Waals surface area contributed by atoms with Gasteiger partial charge in [0, 0.05) is 6.04 Å². The quantitative estimate of drug-likeness (QED) is 0.598. The molecular formula is C14H18N2O7S2. The van der Waals surface area contributed by atoms with Crippen LogP contribution in [0.4, 0.5) is 0 Å². The summed E-state index contributed by atoms with van der Waals surface area (Å²) in [6.07, 6.45) is 0.325. The third-order valence-corrected chi connectivity index (χ3v) is 6.76. The number of carbonyl (C=O) groups is 2. The van der Waals surface area contributed by atoms with Gasteiger partial charge in [0.15, 0.2) is 16.4 Å². The van der Waals surface area contributed by atoms with E-state index in [0.717, 1.165) is 6.07 Å². The van der Waals surface area contributed by atoms with E-state index in [4.69, 9.17) is 4.74 Å². The first kappa shape index (κ1) is 19.3. The second-order valence-electron chi connectivity index (χ2n) is 5.48. The van der Waals surface area contributed by atoms with Crippen LogP contribution in [0.5, 0.6) is 0 Å². The number of sulfonamides is 1. The van der Waals surface area contributed by atoms with E-state index in [1.807, 2.05) is 0 Å². The van der Waals surface area contributed by atoms with Crippen LogP contribution in [0.2, 0.25) is 0 Å². The highest BCUT2D eigenvalue weighted by molar-refractivity contribution is 7.91. The van der Waals surface area contributed by atoms with Gasteiger partial charge in [0.2, 0.25) is 10.0 Å². The number of hydrogen-bond acceptors (Lipinski definition) is 7. The van der Waals surface area contributed by atoms with Gasteiger partial charge >= 0.3 is 5.97 Å². The molecule has 0 spiro atoms. The van der Waals surface area contributed by atoms with Crippen molar-refractivity contribution in [1.29, 1.82) is 0 Å². The first-order chi connectivity index (χ1) is 11.6. The first-order valence-corrected chi connectivity index (χ1v) is 10.6. The molecule has 0 aromatic heterocycles. The molecule has 2 N–H and O–H groups in total. The second-order valence-corrected chi connectivity index (χ2v) is 9.59. The summed E-state index contributed by atoms with van der Waals surface area (Å²) in [5, 5.41) is 2.48. The summed E-state index contributed by atoms with van der Waals surface area (Å²) >= 11 is 0. The number of carbonyl (C=O) groups excluding carboxylic acids is 2. The van der Waals surface area contributed by atoms with Gasteiger partial charge in [-0.1, -0.05) is 6.07 Å². The number of nitrogens with one attached hydrogen (secondary N) is 2. The SMILES string of the molecule is CNS(=O)(=O)c1cccc(C(=O)OCC(=O)NC2CCS(=O)(=O)C2)c1. The van der Waals surface area contributed by atoms with Crippen LogP contribution in [0.25, 0.3) is 0 Å². The highest BCUT2D eigenvalue weighted by Gasteiger charge is 2.29. The van der Waals surface area contributed by atoms with Crippen molar-refractivity contribution in [3.05, 3.63) is 29.8 Å². The molecule has 0 bridgehead atoms. The Morgan fingerprint density at radius 2 is 2.04 bits per heavy atom. The molecule has 0 aliphatic carbocycles. The molecule has 1 amide bonds. The molecule has 138 valence electrons. The zero-order valence-corrected chi connectivity index (χ0v) is 15.0. The third-order valence-electron chi connectivity index (χ3n) is 3.58. The van der Waals surface area contributed by atoms with Gasteiger partial charge in [0.1, 0.15) is 0 Å². The molecule has 2 rings (SSSR count). The molecule has 1 fully saturated rings. The molecular weight excluding hydrogens is 372 g/mol. The molecule has 25 heavy (non-hydrogen) atoms. The Morgan fingerprint density at radius 1 is 1.32 bits per heavy atom. The Kier molecular flexibility index (Phi) is 5.80. The minimum atomic E-state index is -3.71. The van der Waals surface area contributed by atoms with Crippen LogP contribution >= 0.6 is 0 Å². The van der Waals surface area contributed by atoms with Crippen molar-refractivity contribution in [2.24, 2.45) is 0 Å². The monoisotopic (exact) mass is 390 g/mol. The summed E-state index contributed by atoms with van der Waals surface area (Å²) in [7, 11) is -5.58. The molecule has 0 radical (unpaired) electrons. The highest BCUT2D eigenvalue weighted by atomic mass is 32.2. The van der Waals surface area contributed by atoms with Crippen molar-refractivity contribution < 1.29 is 31.2 Å². The van der Waals surface area contributed by atoms with Crippen molar-refractivity contribution in [1.82, 2.24) is 10.0 Å². The summed E-state index contributed by atoms with van der Waals surface area (Å²) in [6, 6.07) is 4.70. The Balaban J connectivity index is 1.92. The lowest BCUT2D eigenvalue weighted by atomic mass is 10.2. The molecule has 1 aliphatic heterocycles. The molecule has 1 atom stereocenters. The molecule has 1 saturated heterocycles. The number of esters is 1. The number of hydrogen-bond donors (Lipinski definition) is 2. The van der Waals surface area contributed by atoms with Crippen LogP contribution in [-0.2, 0) is 29.4 Å². The molecule has 1 aromatic rings. The van der Waals surface area contributed by atoms with Gasteiger partial charge in [-0.2, -0.15) is 0 Å². The third kappa shape index (κ3) is 5.25. The summed E-state index contributed by atoms with van der Waals surface area (Å²) in [5.74, 6) is -1.59. The van der Waals surface area contributed by atoms with E-state index in [0.29, 0.717) is 6.42 Å². The van der Waals surface area contributed by atoms with Crippen molar-refractivity contribution >= 4 is 31.7 Å². The molecule has 1 unspecified atom stereocenters. The standard InChI is InChI=1S/C14H18N2O7S2/c1-15-25(21,22)12-4-2-3-10(7-12)14(18)23-8-13(17)16-11-5-6-24(19,20)9-11/h2-4,7,11,15H,5-6,8-9H2,1H3,(H,16,17). The predicted octanol–water partition coefficient (Wildman–Crippen LogP) is -0.945. The van der Waals surface area contributed by atoms with Crippen LogP contribution in [0.1, 0.15) is 16.8 Å². The largest absolute Gasteiger partial charge is 0.452 e. The minimum absolute atomic E-state index is 0.0183. The minimum Gasteiger partial charge on any atom is -0.452 e. The lowest BCUT2D eigenvalue weighted by molar-refractivity contribution is -0.124. The Hall–Kier alpha value is -1.98. The summed E-state index contributed by atoms with van der Waals surface area (Å²) in [5.41, 5.74) is -0.0208. The average Bonchev–Trinajstić information content (AvgIpc) is 2.91. The van der Waals surface area contributed by atoms with E-state index in [1.54, 1.807) is 0 Å². The van der Waals surface area contributed by atoms with Crippen LogP contribution in [0.15, 0.2) is 29.2 Å².